The van der Waals surface area contributed by atoms with Crippen LogP contribution in [-0.4, -0.2) is 34.6 Å². The van der Waals surface area contributed by atoms with Gasteiger partial charge < -0.3 is 14.2 Å². The Hall–Kier alpha value is -3.15. The first-order chi connectivity index (χ1) is 13.2. The first-order valence-corrected chi connectivity index (χ1v) is 9.01. The number of amides is 1. The molecule has 1 saturated heterocycles. The SMILES string of the molecule is COc1cccc(-c2noc(C3CCCN3C(=O)c3ccc(C)cc3)n2)c1. The van der Waals surface area contributed by atoms with Gasteiger partial charge in [0, 0.05) is 17.7 Å². The van der Waals surface area contributed by atoms with Crippen molar-refractivity contribution in [1.29, 1.82) is 0 Å². The Bertz CT molecular complexity index is 949. The lowest BCUT2D eigenvalue weighted by Crippen LogP contribution is -2.30. The summed E-state index contributed by atoms with van der Waals surface area (Å²) in [6.45, 7) is 2.69. The van der Waals surface area contributed by atoms with Gasteiger partial charge in [-0.05, 0) is 44.0 Å². The maximum atomic E-state index is 12.9. The Balaban J connectivity index is 1.58. The first-order valence-electron chi connectivity index (χ1n) is 9.01. The van der Waals surface area contributed by atoms with E-state index >= 15 is 0 Å². The number of benzene rings is 2. The number of methoxy groups -OCH3 is 1. The van der Waals surface area contributed by atoms with Crippen molar-refractivity contribution in [2.45, 2.75) is 25.8 Å². The average molecular weight is 363 g/mol. The molecule has 0 spiro atoms. The molecule has 2 aromatic carbocycles. The van der Waals surface area contributed by atoms with Gasteiger partial charge in [-0.1, -0.05) is 35.0 Å². The van der Waals surface area contributed by atoms with E-state index in [1.807, 2.05) is 60.4 Å². The summed E-state index contributed by atoms with van der Waals surface area (Å²) in [6, 6.07) is 14.9. The number of carbonyl (C=O) groups excluding carboxylic acids is 1. The summed E-state index contributed by atoms with van der Waals surface area (Å²) in [6.07, 6.45) is 1.73. The van der Waals surface area contributed by atoms with Gasteiger partial charge >= 0.3 is 0 Å². The highest BCUT2D eigenvalue weighted by molar-refractivity contribution is 5.94. The molecule has 1 amide bonds. The summed E-state index contributed by atoms with van der Waals surface area (Å²) in [5.41, 5.74) is 2.63. The van der Waals surface area contributed by atoms with E-state index in [0.29, 0.717) is 23.8 Å². The molecule has 0 aliphatic carbocycles. The lowest BCUT2D eigenvalue weighted by atomic mass is 10.1. The molecule has 6 nitrogen and oxygen atoms in total. The number of aromatic nitrogens is 2. The number of hydrogen-bond donors (Lipinski definition) is 0. The molecule has 3 aromatic rings. The van der Waals surface area contributed by atoms with Crippen LogP contribution in [0.4, 0.5) is 0 Å². The maximum absolute atomic E-state index is 12.9. The minimum Gasteiger partial charge on any atom is -0.497 e. The molecular weight excluding hydrogens is 342 g/mol. The summed E-state index contributed by atoms with van der Waals surface area (Å²) in [7, 11) is 1.62. The van der Waals surface area contributed by atoms with Crippen LogP contribution in [0.5, 0.6) is 5.75 Å². The van der Waals surface area contributed by atoms with Crippen LogP contribution >= 0.6 is 0 Å². The summed E-state index contributed by atoms with van der Waals surface area (Å²) in [5.74, 6) is 1.71. The van der Waals surface area contributed by atoms with Crippen LogP contribution in [0.2, 0.25) is 0 Å². The van der Waals surface area contributed by atoms with Gasteiger partial charge in [0.05, 0.1) is 7.11 Å². The van der Waals surface area contributed by atoms with Crippen LogP contribution in [0.25, 0.3) is 11.4 Å². The van der Waals surface area contributed by atoms with Crippen LogP contribution in [0, 0.1) is 6.92 Å². The molecule has 2 heterocycles. The molecule has 27 heavy (non-hydrogen) atoms. The molecule has 0 saturated carbocycles. The minimum atomic E-state index is -0.189. The highest BCUT2D eigenvalue weighted by Crippen LogP contribution is 2.33. The van der Waals surface area contributed by atoms with Crippen LogP contribution < -0.4 is 4.74 Å². The van der Waals surface area contributed by atoms with Crippen LogP contribution in [0.1, 0.15) is 40.7 Å². The van der Waals surface area contributed by atoms with E-state index in [4.69, 9.17) is 9.26 Å². The zero-order valence-electron chi connectivity index (χ0n) is 15.4. The summed E-state index contributed by atoms with van der Waals surface area (Å²) in [4.78, 5) is 19.3. The second kappa shape index (κ2) is 7.23. The van der Waals surface area contributed by atoms with Gasteiger partial charge in [-0.25, -0.2) is 0 Å². The van der Waals surface area contributed by atoms with Crippen LogP contribution in [-0.2, 0) is 0 Å². The van der Waals surface area contributed by atoms with Crippen molar-refractivity contribution in [2.75, 3.05) is 13.7 Å². The highest BCUT2D eigenvalue weighted by Gasteiger charge is 2.34. The predicted octanol–water partition coefficient (Wildman–Crippen LogP) is 4.03. The standard InChI is InChI=1S/C21H21N3O3/c1-14-8-10-15(11-9-14)21(25)24-12-4-7-18(24)20-22-19(23-27-20)16-5-3-6-17(13-16)26-2/h3,5-6,8-11,13,18H,4,7,12H2,1-2H3. The number of hydrogen-bond acceptors (Lipinski definition) is 5. The Kier molecular flexibility index (Phi) is 4.62. The molecule has 1 unspecified atom stereocenters. The van der Waals surface area contributed by atoms with E-state index in [1.165, 1.54) is 0 Å². The van der Waals surface area contributed by atoms with Gasteiger partial charge in [0.25, 0.3) is 5.91 Å². The predicted molar refractivity (Wildman–Crippen MR) is 100 cm³/mol. The molecule has 1 atom stereocenters. The molecule has 1 aromatic heterocycles. The number of aryl methyl sites for hydroxylation is 1. The Labute approximate surface area is 157 Å². The summed E-state index contributed by atoms with van der Waals surface area (Å²) in [5, 5.41) is 4.10. The molecule has 4 rings (SSSR count). The van der Waals surface area contributed by atoms with Gasteiger partial charge in [-0.2, -0.15) is 4.98 Å². The quantitative estimate of drug-likeness (QED) is 0.700. The minimum absolute atomic E-state index is 0.00127. The van der Waals surface area contributed by atoms with Crippen molar-refractivity contribution in [3.63, 3.8) is 0 Å². The van der Waals surface area contributed by atoms with Gasteiger partial charge in [-0.3, -0.25) is 4.79 Å². The second-order valence-electron chi connectivity index (χ2n) is 6.71. The Morgan fingerprint density at radius 2 is 2.04 bits per heavy atom. The molecule has 138 valence electrons. The second-order valence-corrected chi connectivity index (χ2v) is 6.71. The smallest absolute Gasteiger partial charge is 0.254 e. The molecular formula is C21H21N3O3. The van der Waals surface area contributed by atoms with Gasteiger partial charge in [0.15, 0.2) is 0 Å². The average Bonchev–Trinajstić information content (AvgIpc) is 3.37. The van der Waals surface area contributed by atoms with Crippen molar-refractivity contribution >= 4 is 5.91 Å². The number of nitrogens with zero attached hydrogens (tertiary/aromatic N) is 3. The zero-order valence-corrected chi connectivity index (χ0v) is 15.4. The monoisotopic (exact) mass is 363 g/mol. The fraction of sp³-hybridized carbons (Fsp3) is 0.286. The van der Waals surface area contributed by atoms with Crippen LogP contribution in [0.3, 0.4) is 0 Å². The van der Waals surface area contributed by atoms with E-state index in [1.54, 1.807) is 7.11 Å². The lowest BCUT2D eigenvalue weighted by molar-refractivity contribution is 0.0710. The van der Waals surface area contributed by atoms with Gasteiger partial charge in [0.2, 0.25) is 11.7 Å². The van der Waals surface area contributed by atoms with E-state index in [9.17, 15) is 4.79 Å². The summed E-state index contributed by atoms with van der Waals surface area (Å²) >= 11 is 0. The third-order valence-corrected chi connectivity index (χ3v) is 4.87. The topological polar surface area (TPSA) is 68.5 Å². The fourth-order valence-electron chi connectivity index (χ4n) is 3.38. The highest BCUT2D eigenvalue weighted by atomic mass is 16.5. The van der Waals surface area contributed by atoms with Crippen LogP contribution in [0.15, 0.2) is 53.1 Å². The number of ether oxygens (including phenoxy) is 1. The van der Waals surface area contributed by atoms with E-state index in [0.717, 1.165) is 29.7 Å². The molecule has 1 aliphatic heterocycles. The van der Waals surface area contributed by atoms with Crippen molar-refractivity contribution in [1.82, 2.24) is 15.0 Å². The molecule has 0 radical (unpaired) electrons. The fourth-order valence-corrected chi connectivity index (χ4v) is 3.38. The molecule has 1 aliphatic rings. The number of carbonyl (C=O) groups is 1. The third-order valence-electron chi connectivity index (χ3n) is 4.87. The Morgan fingerprint density at radius 3 is 2.81 bits per heavy atom. The lowest BCUT2D eigenvalue weighted by Gasteiger charge is -2.22. The van der Waals surface area contributed by atoms with E-state index in [2.05, 4.69) is 10.1 Å². The largest absolute Gasteiger partial charge is 0.497 e. The van der Waals surface area contributed by atoms with Crippen molar-refractivity contribution in [3.8, 4) is 17.1 Å². The maximum Gasteiger partial charge on any atom is 0.254 e. The van der Waals surface area contributed by atoms with Crippen molar-refractivity contribution < 1.29 is 14.1 Å². The van der Waals surface area contributed by atoms with E-state index < -0.39 is 0 Å². The molecule has 0 bridgehead atoms. The molecule has 1 fully saturated rings. The molecule has 6 heteroatoms. The van der Waals surface area contributed by atoms with Gasteiger partial charge in [-0.15, -0.1) is 0 Å². The number of rotatable bonds is 4. The van der Waals surface area contributed by atoms with Gasteiger partial charge in [0.1, 0.15) is 11.8 Å². The summed E-state index contributed by atoms with van der Waals surface area (Å²) < 4.78 is 10.8. The van der Waals surface area contributed by atoms with Crippen molar-refractivity contribution in [3.05, 3.63) is 65.5 Å². The zero-order chi connectivity index (χ0) is 18.8. The van der Waals surface area contributed by atoms with E-state index in [-0.39, 0.29) is 11.9 Å². The normalized spacial score (nSPS) is 16.5. The molecule has 0 N–H and O–H groups in total. The first kappa shape index (κ1) is 17.3. The van der Waals surface area contributed by atoms with Crippen molar-refractivity contribution in [2.24, 2.45) is 0 Å². The number of likely N-dealkylation sites (tertiary alicyclic amines) is 1. The third kappa shape index (κ3) is 3.43. The Morgan fingerprint density at radius 1 is 1.22 bits per heavy atom.